The van der Waals surface area contributed by atoms with Crippen molar-refractivity contribution in [3.63, 3.8) is 0 Å². The summed E-state index contributed by atoms with van der Waals surface area (Å²) in [6, 6.07) is 4.78. The van der Waals surface area contributed by atoms with Gasteiger partial charge < -0.3 is 15.8 Å². The predicted molar refractivity (Wildman–Crippen MR) is 72.4 cm³/mol. The van der Waals surface area contributed by atoms with Crippen LogP contribution >= 0.6 is 0 Å². The second kappa shape index (κ2) is 6.67. The minimum absolute atomic E-state index is 0.224. The van der Waals surface area contributed by atoms with Crippen molar-refractivity contribution < 1.29 is 9.53 Å². The van der Waals surface area contributed by atoms with Gasteiger partial charge in [-0.3, -0.25) is 4.79 Å². The molecule has 18 heavy (non-hydrogen) atoms. The van der Waals surface area contributed by atoms with Crippen LogP contribution in [-0.4, -0.2) is 18.6 Å². The lowest BCUT2D eigenvalue weighted by Gasteiger charge is -2.13. The van der Waals surface area contributed by atoms with Crippen LogP contribution in [0.1, 0.15) is 18.9 Å². The summed E-state index contributed by atoms with van der Waals surface area (Å²) >= 11 is 0. The highest BCUT2D eigenvalue weighted by Crippen LogP contribution is 2.21. The van der Waals surface area contributed by atoms with Crippen molar-refractivity contribution in [1.82, 2.24) is 0 Å². The number of benzene rings is 1. The van der Waals surface area contributed by atoms with Gasteiger partial charge in [-0.25, -0.2) is 0 Å². The summed E-state index contributed by atoms with van der Waals surface area (Å²) in [7, 11) is 0. The number of aryl methyl sites for hydroxylation is 1. The smallest absolute Gasteiger partial charge is 0.242 e. The van der Waals surface area contributed by atoms with E-state index in [4.69, 9.17) is 16.9 Å². The Balaban J connectivity index is 2.74. The summed E-state index contributed by atoms with van der Waals surface area (Å²) in [5.74, 6) is 2.87. The third-order valence-electron chi connectivity index (χ3n) is 2.44. The molecule has 3 N–H and O–H groups in total. The molecule has 0 heterocycles. The molecular weight excluding hydrogens is 228 g/mol. The SMILES string of the molecule is C#CCC(N)C(=O)Nc1ccc(OCC)cc1C. The molecule has 1 aromatic rings. The van der Waals surface area contributed by atoms with Crippen molar-refractivity contribution in [2.24, 2.45) is 5.73 Å². The molecule has 1 atom stereocenters. The van der Waals surface area contributed by atoms with E-state index in [1.165, 1.54) is 0 Å². The van der Waals surface area contributed by atoms with E-state index in [-0.39, 0.29) is 12.3 Å². The lowest BCUT2D eigenvalue weighted by atomic mass is 10.1. The molecule has 4 heteroatoms. The van der Waals surface area contributed by atoms with Crippen LogP contribution in [0.15, 0.2) is 18.2 Å². The standard InChI is InChI=1S/C14H18N2O2/c1-4-6-12(15)14(17)16-13-8-7-11(18-5-2)9-10(13)3/h1,7-9,12H,5-6,15H2,2-3H3,(H,16,17). The van der Waals surface area contributed by atoms with Gasteiger partial charge in [0.15, 0.2) is 0 Å². The van der Waals surface area contributed by atoms with E-state index in [0.717, 1.165) is 17.0 Å². The van der Waals surface area contributed by atoms with Crippen molar-refractivity contribution >= 4 is 11.6 Å². The number of ether oxygens (including phenoxy) is 1. The Kier molecular flexibility index (Phi) is 5.22. The number of carbonyl (C=O) groups excluding carboxylic acids is 1. The number of terminal acetylenes is 1. The molecule has 0 fully saturated rings. The molecule has 1 unspecified atom stereocenters. The van der Waals surface area contributed by atoms with Crippen LogP contribution in [0.2, 0.25) is 0 Å². The summed E-state index contributed by atoms with van der Waals surface area (Å²) in [6.07, 6.45) is 5.34. The third-order valence-corrected chi connectivity index (χ3v) is 2.44. The minimum Gasteiger partial charge on any atom is -0.494 e. The maximum Gasteiger partial charge on any atom is 0.242 e. The average molecular weight is 246 g/mol. The van der Waals surface area contributed by atoms with Gasteiger partial charge in [0, 0.05) is 12.1 Å². The number of amides is 1. The highest BCUT2D eigenvalue weighted by atomic mass is 16.5. The number of nitrogens with two attached hydrogens (primary N) is 1. The molecule has 0 aromatic heterocycles. The number of hydrogen-bond donors (Lipinski definition) is 2. The molecule has 4 nitrogen and oxygen atoms in total. The Morgan fingerprint density at radius 2 is 2.33 bits per heavy atom. The number of nitrogens with one attached hydrogen (secondary N) is 1. The fourth-order valence-electron chi connectivity index (χ4n) is 1.48. The molecule has 0 aliphatic heterocycles. The number of carbonyl (C=O) groups is 1. The van der Waals surface area contributed by atoms with E-state index in [1.54, 1.807) is 12.1 Å². The number of rotatable bonds is 5. The van der Waals surface area contributed by atoms with Crippen LogP contribution in [0, 0.1) is 19.3 Å². The first-order chi connectivity index (χ1) is 8.58. The maximum absolute atomic E-state index is 11.7. The van der Waals surface area contributed by atoms with Gasteiger partial charge in [0.25, 0.3) is 0 Å². The van der Waals surface area contributed by atoms with E-state index < -0.39 is 6.04 Å². The zero-order chi connectivity index (χ0) is 13.5. The predicted octanol–water partition coefficient (Wildman–Crippen LogP) is 1.68. The largest absolute Gasteiger partial charge is 0.494 e. The first kappa shape index (κ1) is 14.1. The Bertz CT molecular complexity index is 463. The van der Waals surface area contributed by atoms with E-state index in [1.807, 2.05) is 19.9 Å². The monoisotopic (exact) mass is 246 g/mol. The zero-order valence-corrected chi connectivity index (χ0v) is 10.7. The molecule has 0 saturated heterocycles. The quantitative estimate of drug-likeness (QED) is 0.777. The van der Waals surface area contributed by atoms with Crippen LogP contribution in [0.25, 0.3) is 0 Å². The molecule has 0 bridgehead atoms. The highest BCUT2D eigenvalue weighted by Gasteiger charge is 2.13. The molecule has 1 amide bonds. The molecule has 0 radical (unpaired) electrons. The highest BCUT2D eigenvalue weighted by molar-refractivity contribution is 5.95. The van der Waals surface area contributed by atoms with Crippen LogP contribution in [0.5, 0.6) is 5.75 Å². The van der Waals surface area contributed by atoms with Crippen molar-refractivity contribution in [3.8, 4) is 18.1 Å². The van der Waals surface area contributed by atoms with Gasteiger partial charge in [0.05, 0.1) is 12.6 Å². The van der Waals surface area contributed by atoms with Crippen LogP contribution < -0.4 is 15.8 Å². The lowest BCUT2D eigenvalue weighted by molar-refractivity contribution is -0.117. The number of hydrogen-bond acceptors (Lipinski definition) is 3. The summed E-state index contributed by atoms with van der Waals surface area (Å²) in [5.41, 5.74) is 7.26. The molecule has 0 saturated carbocycles. The second-order valence-electron chi connectivity index (χ2n) is 3.91. The number of anilines is 1. The van der Waals surface area contributed by atoms with E-state index in [2.05, 4.69) is 11.2 Å². The van der Waals surface area contributed by atoms with Gasteiger partial charge in [0.2, 0.25) is 5.91 Å². The van der Waals surface area contributed by atoms with Gasteiger partial charge in [-0.05, 0) is 37.6 Å². The summed E-state index contributed by atoms with van der Waals surface area (Å²) < 4.78 is 5.37. The van der Waals surface area contributed by atoms with Crippen LogP contribution in [0.3, 0.4) is 0 Å². The lowest BCUT2D eigenvalue weighted by Crippen LogP contribution is -2.35. The van der Waals surface area contributed by atoms with Gasteiger partial charge in [-0.1, -0.05) is 0 Å². The van der Waals surface area contributed by atoms with Crippen LogP contribution in [-0.2, 0) is 4.79 Å². The van der Waals surface area contributed by atoms with Crippen molar-refractivity contribution in [2.75, 3.05) is 11.9 Å². The Hall–Kier alpha value is -1.99. The minimum atomic E-state index is -0.680. The Labute approximate surface area is 108 Å². The fourth-order valence-corrected chi connectivity index (χ4v) is 1.48. The maximum atomic E-state index is 11.7. The van der Waals surface area contributed by atoms with Gasteiger partial charge >= 0.3 is 0 Å². The normalized spacial score (nSPS) is 11.4. The summed E-state index contributed by atoms with van der Waals surface area (Å²) in [5, 5.41) is 2.75. The molecule has 96 valence electrons. The van der Waals surface area contributed by atoms with Gasteiger partial charge in [-0.15, -0.1) is 12.3 Å². The van der Waals surface area contributed by atoms with E-state index >= 15 is 0 Å². The summed E-state index contributed by atoms with van der Waals surface area (Å²) in [4.78, 5) is 11.7. The fraction of sp³-hybridized carbons (Fsp3) is 0.357. The Morgan fingerprint density at radius 1 is 1.61 bits per heavy atom. The van der Waals surface area contributed by atoms with Crippen molar-refractivity contribution in [2.45, 2.75) is 26.3 Å². The van der Waals surface area contributed by atoms with Gasteiger partial charge in [-0.2, -0.15) is 0 Å². The first-order valence-corrected chi connectivity index (χ1v) is 5.81. The van der Waals surface area contributed by atoms with E-state index in [9.17, 15) is 4.79 Å². The topological polar surface area (TPSA) is 64.4 Å². The van der Waals surface area contributed by atoms with E-state index in [0.29, 0.717) is 6.61 Å². The first-order valence-electron chi connectivity index (χ1n) is 5.81. The molecule has 0 spiro atoms. The average Bonchev–Trinajstić information content (AvgIpc) is 2.33. The molecular formula is C14H18N2O2. The Morgan fingerprint density at radius 3 is 2.89 bits per heavy atom. The molecule has 1 aromatic carbocycles. The molecule has 0 aliphatic carbocycles. The van der Waals surface area contributed by atoms with Crippen molar-refractivity contribution in [3.05, 3.63) is 23.8 Å². The zero-order valence-electron chi connectivity index (χ0n) is 10.7. The van der Waals surface area contributed by atoms with Crippen LogP contribution in [0.4, 0.5) is 5.69 Å². The third kappa shape index (κ3) is 3.79. The molecule has 1 rings (SSSR count). The van der Waals surface area contributed by atoms with Gasteiger partial charge in [0.1, 0.15) is 5.75 Å². The second-order valence-corrected chi connectivity index (χ2v) is 3.91. The molecule has 0 aliphatic rings. The summed E-state index contributed by atoms with van der Waals surface area (Å²) in [6.45, 7) is 4.42. The van der Waals surface area contributed by atoms with Crippen molar-refractivity contribution in [1.29, 1.82) is 0 Å².